The number of pyridine rings is 1. The van der Waals surface area contributed by atoms with Gasteiger partial charge in [0, 0.05) is 121 Å². The molecule has 0 unspecified atom stereocenters. The number of anilines is 6. The van der Waals surface area contributed by atoms with Crippen LogP contribution in [-0.2, 0) is 9.47 Å². The second kappa shape index (κ2) is 37.1. The van der Waals surface area contributed by atoms with E-state index in [2.05, 4.69) is 126 Å². The molecule has 10 heterocycles. The zero-order chi connectivity index (χ0) is 86.4. The van der Waals surface area contributed by atoms with Gasteiger partial charge in [0.2, 0.25) is 0 Å². The van der Waals surface area contributed by atoms with Gasteiger partial charge < -0.3 is 41.4 Å². The van der Waals surface area contributed by atoms with Crippen molar-refractivity contribution in [2.24, 2.45) is 35.5 Å². The van der Waals surface area contributed by atoms with Gasteiger partial charge in [-0.05, 0) is 295 Å². The molecule has 6 N–H and O–H groups in total. The average molecular weight is 1840 g/mol. The second-order valence-electron chi connectivity index (χ2n) is 34.2. The number of nitrogens with one attached hydrogen (secondary N) is 6. The minimum atomic E-state index is -0.256. The fourth-order valence-corrected chi connectivity index (χ4v) is 23.1. The van der Waals surface area contributed by atoms with Gasteiger partial charge in [0.25, 0.3) is 0 Å². The zero-order valence-corrected chi connectivity index (χ0v) is 72.8. The molecule has 126 heavy (non-hydrogen) atoms. The Morgan fingerprint density at radius 1 is 0.317 bits per heavy atom. The van der Waals surface area contributed by atoms with Gasteiger partial charge in [-0.1, -0.05) is 148 Å². The van der Waals surface area contributed by atoms with Crippen molar-refractivity contribution in [3.8, 4) is 0 Å². The Morgan fingerprint density at radius 2 is 0.667 bits per heavy atom. The maximum atomic E-state index is 13.6. The number of fused-ring (bicyclic) bond motifs is 18. The fourth-order valence-electron chi connectivity index (χ4n) is 21.2. The summed E-state index contributed by atoms with van der Waals surface area (Å²) in [7, 11) is 0. The molecule has 8 aliphatic heterocycles. The molecule has 12 aromatic rings. The number of thiophene rings is 1. The number of allylic oxidation sites excluding steroid dienone is 8. The Balaban J connectivity index is 0.0000000988. The average Bonchev–Trinajstić information content (AvgIpc) is 1.76. The topological polar surface area (TPSA) is 104 Å². The number of aromatic nitrogens is 1. The maximum Gasteiger partial charge on any atom is 0.123 e. The van der Waals surface area contributed by atoms with E-state index in [1.807, 2.05) is 79.0 Å². The van der Waals surface area contributed by atoms with Crippen molar-refractivity contribution in [2.45, 2.75) is 117 Å². The van der Waals surface area contributed by atoms with E-state index in [4.69, 9.17) is 44.3 Å². The lowest BCUT2D eigenvalue weighted by Gasteiger charge is -2.43. The Hall–Kier alpha value is -10.5. The van der Waals surface area contributed by atoms with Crippen molar-refractivity contribution in [2.75, 3.05) is 45.1 Å². The Morgan fingerprint density at radius 3 is 1.09 bits per heavy atom. The van der Waals surface area contributed by atoms with E-state index in [1.54, 1.807) is 90.3 Å². The highest BCUT2D eigenvalue weighted by molar-refractivity contribution is 9.10. The van der Waals surface area contributed by atoms with Crippen LogP contribution in [0.3, 0.4) is 0 Å². The summed E-state index contributed by atoms with van der Waals surface area (Å²) in [6, 6.07) is 65.8. The molecule has 0 radical (unpaired) electrons. The van der Waals surface area contributed by atoms with Crippen LogP contribution < -0.4 is 31.9 Å². The highest BCUT2D eigenvalue weighted by Gasteiger charge is 2.46. The van der Waals surface area contributed by atoms with Gasteiger partial charge >= 0.3 is 0 Å². The van der Waals surface area contributed by atoms with Crippen molar-refractivity contribution < 1.29 is 44.6 Å². The third kappa shape index (κ3) is 17.9. The standard InChI is InChI=1S/C18H15BrFN.C18H15ClFN.C18H17F2NO.C17H14ClFN2.C17H15F2NO.C16H13ClFNS/c19-12-7-8-17-16(10-12)14-5-2-6-15(14)18(21-17)11-3-1-4-13(20)9-11;19-12-4-1-3-11(9-12)18-15-6-2-5-14(15)16-10-13(20)7-8-17(16)21-18;19-12-4-1-3-11(9-12)17-14-5-2-8-22-18(14)15-10-13(20)6-7-16(15)21-17;18-11-6-10(8-20-9-11)17-14-3-1-2-13(14)15-7-12(19)4-5-16(15)21-17;18-11-3-1-2-10(8-11)16-13-6-7-21-17(13)14-9-12(19)4-5-15(14)20-16;17-15-7-6-14(20-15)16-11-3-1-2-10(11)12-8-9(18)4-5-13(12)19-16/h2*1-5,7-10,14-15,18,21H,6H2;1,3-4,6-7,9-10,14,17-18,21H,2,5,8H2;1-2,4-9,13-14,17,21H,3H2;1-5,8-9,13,16-17,20H,6-7H2;1-2,4-8,10-11,16,19H,3H2/t2*14-,15+,18+;14-,17-,18-;13-,14+,17+;13-,16-,17-;10-,11+,16-/m111111/s1. The zero-order valence-electron chi connectivity index (χ0n) is 68.1. The Bertz CT molecular complexity index is 5800. The first-order valence-electron chi connectivity index (χ1n) is 43.0. The summed E-state index contributed by atoms with van der Waals surface area (Å²) in [5, 5.41) is 22.6. The predicted octanol–water partition coefficient (Wildman–Crippen LogP) is 29.6. The van der Waals surface area contributed by atoms with Gasteiger partial charge in [-0.2, -0.15) is 0 Å². The highest BCUT2D eigenvalue weighted by atomic mass is 79.9. The van der Waals surface area contributed by atoms with Crippen molar-refractivity contribution in [1.29, 1.82) is 0 Å². The molecule has 2 fully saturated rings. The smallest absolute Gasteiger partial charge is 0.123 e. The number of nitrogens with zero attached hydrogens (tertiary/aromatic N) is 1. The first kappa shape index (κ1) is 85.0. The van der Waals surface area contributed by atoms with E-state index < -0.39 is 0 Å². The van der Waals surface area contributed by atoms with Crippen LogP contribution >= 0.6 is 62.1 Å². The first-order chi connectivity index (χ1) is 61.3. The van der Waals surface area contributed by atoms with E-state index >= 15 is 0 Å². The van der Waals surface area contributed by atoms with Gasteiger partial charge in [-0.3, -0.25) is 4.98 Å². The van der Waals surface area contributed by atoms with E-state index in [9.17, 15) is 35.1 Å². The molecule has 10 aromatic carbocycles. The van der Waals surface area contributed by atoms with Crippen LogP contribution in [0.15, 0.2) is 290 Å². The monoisotopic (exact) mass is 1840 g/mol. The summed E-state index contributed by atoms with van der Waals surface area (Å²) in [6.07, 6.45) is 27.9. The number of halogens is 12. The van der Waals surface area contributed by atoms with Crippen molar-refractivity contribution >= 4 is 96.2 Å². The van der Waals surface area contributed by atoms with Gasteiger partial charge in [-0.15, -0.1) is 11.3 Å². The summed E-state index contributed by atoms with van der Waals surface area (Å²) in [5.41, 5.74) is 17.3. The largest absolute Gasteiger partial charge is 0.378 e. The number of hydrogen-bond acceptors (Lipinski definition) is 10. The van der Waals surface area contributed by atoms with Crippen LogP contribution in [0.1, 0.15) is 183 Å². The molecule has 24 rings (SSSR count). The molecule has 22 heteroatoms. The van der Waals surface area contributed by atoms with E-state index in [0.717, 1.165) is 143 Å². The summed E-state index contributed by atoms with van der Waals surface area (Å²) in [5.74, 6) is 1.63. The predicted molar refractivity (Wildman–Crippen MR) is 492 cm³/mol. The quantitative estimate of drug-likeness (QED) is 0.0718. The number of hydrogen-bond donors (Lipinski definition) is 6. The van der Waals surface area contributed by atoms with Crippen LogP contribution in [-0.4, -0.2) is 18.2 Å². The molecule has 0 bridgehead atoms. The lowest BCUT2D eigenvalue weighted by atomic mass is 9.77. The number of rotatable bonds is 6. The summed E-state index contributed by atoms with van der Waals surface area (Å²) in [6.45, 7) is 1.34. The molecule has 12 aliphatic rings. The van der Waals surface area contributed by atoms with Crippen LogP contribution in [0, 0.1) is 82.0 Å². The molecule has 642 valence electrons. The molecule has 18 atom stereocenters. The van der Waals surface area contributed by atoms with Crippen LogP contribution in [0.25, 0.3) is 0 Å². The second-order valence-corrected chi connectivity index (χ2v) is 37.7. The SMILES string of the molecule is Fc1ccc2c(c1)[C@@H]1C=CC[C@@H]1[C@H](c1ccc(Cl)s1)N2.Fc1ccc2c(c1)[C@@H]1C=CC[C@@H]1[C@H](c1cccc(Cl)c1)N2.Fc1ccc2c(c1)[C@@H]1C=CC[C@@H]1[C@H](c1cncc(Cl)c1)N2.Fc1cccc([C@@H]2Nc3ccc(Br)cc3[C@@H]3C=CC[C@@H]32)c1.Fc1cccc([C@H]2Nc3ccc(F)cc3[C@@H]3OCCC[C@H]23)c1.Fc1cccc([C@H]2Nc3ccc(F)cc3[C@@H]3OCC[C@H]23)c1. The number of benzene rings is 10. The summed E-state index contributed by atoms with van der Waals surface area (Å²) in [4.78, 5) is 5.44. The first-order valence-corrected chi connectivity index (χ1v) is 45.7. The maximum absolute atomic E-state index is 13.6. The van der Waals surface area contributed by atoms with Gasteiger partial charge in [-0.25, -0.2) is 35.1 Å². The number of ether oxygens (including phenoxy) is 2. The molecular formula is C104H89BrCl3F8N7O2S. The molecule has 0 saturated carbocycles. The minimum absolute atomic E-state index is 0.00818. The highest BCUT2D eigenvalue weighted by Crippen LogP contribution is 2.57. The summed E-state index contributed by atoms with van der Waals surface area (Å²) < 4.78 is 122. The van der Waals surface area contributed by atoms with E-state index in [-0.39, 0.29) is 119 Å². The molecule has 9 nitrogen and oxygen atoms in total. The Labute approximate surface area is 755 Å². The molecule has 4 aliphatic carbocycles. The van der Waals surface area contributed by atoms with Gasteiger partial charge in [0.1, 0.15) is 46.5 Å². The van der Waals surface area contributed by atoms with E-state index in [1.165, 1.54) is 70.6 Å². The fraction of sp³-hybridized carbons (Fsp3) is 0.260. The molecule has 0 amide bonds. The van der Waals surface area contributed by atoms with Gasteiger partial charge in [0.05, 0.1) is 57.8 Å². The normalized spacial score (nSPS) is 26.5. The minimum Gasteiger partial charge on any atom is -0.378 e. The molecular weight excluding hydrogens is 1750 g/mol. The molecule has 2 aromatic heterocycles. The molecule has 0 spiro atoms. The van der Waals surface area contributed by atoms with Crippen molar-refractivity contribution in [3.63, 3.8) is 0 Å². The molecule has 2 saturated heterocycles. The van der Waals surface area contributed by atoms with Crippen LogP contribution in [0.4, 0.5) is 69.2 Å². The summed E-state index contributed by atoms with van der Waals surface area (Å²) >= 11 is 23.5. The third-order valence-corrected chi connectivity index (χ3v) is 29.0. The van der Waals surface area contributed by atoms with Crippen molar-refractivity contribution in [3.05, 3.63) is 417 Å². The Kier molecular flexibility index (Phi) is 25.0. The van der Waals surface area contributed by atoms with Gasteiger partial charge in [0.15, 0.2) is 0 Å². The van der Waals surface area contributed by atoms with E-state index in [0.29, 0.717) is 53.7 Å². The van der Waals surface area contributed by atoms with Crippen LogP contribution in [0.2, 0.25) is 14.4 Å². The lowest BCUT2D eigenvalue weighted by Crippen LogP contribution is -2.36. The van der Waals surface area contributed by atoms with Crippen molar-refractivity contribution in [1.82, 2.24) is 4.98 Å². The third-order valence-electron chi connectivity index (χ3n) is 26.7. The lowest BCUT2D eigenvalue weighted by molar-refractivity contribution is -0.0383. The van der Waals surface area contributed by atoms with Crippen LogP contribution in [0.5, 0.6) is 0 Å².